The van der Waals surface area contributed by atoms with Crippen molar-refractivity contribution in [2.24, 2.45) is 0 Å². The minimum absolute atomic E-state index is 0.0414. The molecule has 0 bridgehead atoms. The van der Waals surface area contributed by atoms with Crippen molar-refractivity contribution in [2.45, 2.75) is 51.0 Å². The maximum absolute atomic E-state index is 15.1. The molecule has 3 heterocycles. The van der Waals surface area contributed by atoms with Gasteiger partial charge < -0.3 is 24.1 Å². The van der Waals surface area contributed by atoms with Gasteiger partial charge in [0.15, 0.2) is 23.1 Å². The monoisotopic (exact) mass is 588 g/mol. The number of hydrogen-bond acceptors (Lipinski definition) is 6. The Bertz CT molecular complexity index is 1670. The first-order valence-electron chi connectivity index (χ1n) is 14.0. The quantitative estimate of drug-likeness (QED) is 0.263. The lowest BCUT2D eigenvalue weighted by Gasteiger charge is -2.38. The summed E-state index contributed by atoms with van der Waals surface area (Å²) >= 11 is 0. The van der Waals surface area contributed by atoms with E-state index < -0.39 is 22.7 Å². The second-order valence-corrected chi connectivity index (χ2v) is 11.7. The van der Waals surface area contributed by atoms with Gasteiger partial charge in [0.2, 0.25) is 0 Å². The molecule has 4 aromatic rings. The molecule has 1 N–H and O–H groups in total. The number of carbonyl (C=O) groups is 1. The Morgan fingerprint density at radius 2 is 1.67 bits per heavy atom. The lowest BCUT2D eigenvalue weighted by molar-refractivity contribution is 0.0185. The zero-order valence-electron chi connectivity index (χ0n) is 24.9. The summed E-state index contributed by atoms with van der Waals surface area (Å²) < 4.78 is 45.8. The highest BCUT2D eigenvalue weighted by molar-refractivity contribution is 5.85. The van der Waals surface area contributed by atoms with Crippen LogP contribution in [0.4, 0.5) is 13.6 Å². The van der Waals surface area contributed by atoms with Gasteiger partial charge >= 0.3 is 6.09 Å². The molecular weight excluding hydrogens is 554 g/mol. The smallest absolute Gasteiger partial charge is 0.410 e. The number of likely N-dealkylation sites (tertiary alicyclic amines) is 1. The molecule has 10 heteroatoms. The zero-order valence-corrected chi connectivity index (χ0v) is 24.9. The zero-order chi connectivity index (χ0) is 30.9. The van der Waals surface area contributed by atoms with Gasteiger partial charge in [-0.25, -0.2) is 18.6 Å². The van der Waals surface area contributed by atoms with Gasteiger partial charge in [0.1, 0.15) is 11.2 Å². The number of aromatic amines is 1. The van der Waals surface area contributed by atoms with E-state index in [0.717, 1.165) is 22.1 Å². The minimum Gasteiger partial charge on any atom is -0.494 e. The van der Waals surface area contributed by atoms with Crippen molar-refractivity contribution < 1.29 is 27.8 Å². The Labute approximate surface area is 249 Å². The van der Waals surface area contributed by atoms with E-state index in [9.17, 15) is 10.1 Å². The van der Waals surface area contributed by atoms with Crippen molar-refractivity contribution in [3.63, 3.8) is 0 Å². The van der Waals surface area contributed by atoms with Crippen LogP contribution in [0, 0.1) is 23.0 Å². The number of nitriles is 1. The van der Waals surface area contributed by atoms with Crippen LogP contribution in [0.3, 0.4) is 0 Å². The Morgan fingerprint density at radius 1 is 1.05 bits per heavy atom. The van der Waals surface area contributed by atoms with Crippen molar-refractivity contribution in [3.8, 4) is 28.7 Å². The number of carbonyl (C=O) groups excluding carboxylic acids is 1. The SMILES string of the molecule is COc1cc(OC)c(F)c(Cc2c[nH]c3ncc(-c4ccc(C5(C#N)CCN(C(=O)OC(C)(C)C)CC5)cc4)cc23)c1F. The van der Waals surface area contributed by atoms with E-state index in [4.69, 9.17) is 14.2 Å². The standard InChI is InChI=1S/C33H34F2N4O4/c1-32(2,3)43-31(40)39-12-10-33(19-36,11-13-39)23-8-6-20(7-9-23)21-14-24-22(18-38-30(24)37-17-21)15-25-28(34)26(41-4)16-27(42-5)29(25)35/h6-9,14,16-18H,10-13,15H2,1-5H3,(H,37,38). The fourth-order valence-electron chi connectivity index (χ4n) is 5.49. The molecule has 5 rings (SSSR count). The number of hydrogen-bond donors (Lipinski definition) is 1. The summed E-state index contributed by atoms with van der Waals surface area (Å²) in [5.74, 6) is -1.76. The summed E-state index contributed by atoms with van der Waals surface area (Å²) in [6.07, 6.45) is 4.02. The molecular formula is C33H34F2N4O4. The molecule has 1 amide bonds. The molecule has 1 aliphatic rings. The molecule has 0 saturated carbocycles. The van der Waals surface area contributed by atoms with Crippen LogP contribution in [-0.4, -0.2) is 53.9 Å². The summed E-state index contributed by atoms with van der Waals surface area (Å²) in [4.78, 5) is 21.8. The number of ether oxygens (including phenoxy) is 3. The van der Waals surface area contributed by atoms with Crippen LogP contribution in [0.25, 0.3) is 22.2 Å². The van der Waals surface area contributed by atoms with E-state index in [1.54, 1.807) is 17.3 Å². The number of aromatic nitrogens is 2. The maximum Gasteiger partial charge on any atom is 0.410 e. The van der Waals surface area contributed by atoms with E-state index >= 15 is 8.78 Å². The van der Waals surface area contributed by atoms with Crippen molar-refractivity contribution in [2.75, 3.05) is 27.3 Å². The van der Waals surface area contributed by atoms with Gasteiger partial charge in [0.05, 0.1) is 25.7 Å². The predicted molar refractivity (Wildman–Crippen MR) is 158 cm³/mol. The molecule has 0 radical (unpaired) electrons. The highest BCUT2D eigenvalue weighted by Gasteiger charge is 2.38. The number of nitrogens with zero attached hydrogens (tertiary/aromatic N) is 3. The average molecular weight is 589 g/mol. The second kappa shape index (κ2) is 11.6. The van der Waals surface area contributed by atoms with Gasteiger partial charge in [-0.1, -0.05) is 24.3 Å². The van der Waals surface area contributed by atoms with E-state index in [1.807, 2.05) is 51.1 Å². The summed E-state index contributed by atoms with van der Waals surface area (Å²) in [6.45, 7) is 6.36. The molecule has 0 aliphatic carbocycles. The highest BCUT2D eigenvalue weighted by atomic mass is 19.1. The van der Waals surface area contributed by atoms with Gasteiger partial charge in [0.25, 0.3) is 0 Å². The molecule has 2 aromatic heterocycles. The van der Waals surface area contributed by atoms with E-state index in [0.29, 0.717) is 37.1 Å². The summed E-state index contributed by atoms with van der Waals surface area (Å²) in [7, 11) is 2.64. The number of benzene rings is 2. The number of pyridine rings is 1. The molecule has 1 aliphatic heterocycles. The third-order valence-electron chi connectivity index (χ3n) is 7.90. The Kier molecular flexibility index (Phi) is 8.02. The topological polar surface area (TPSA) is 100 Å². The normalized spacial score (nSPS) is 14.8. The number of amides is 1. The fourth-order valence-corrected chi connectivity index (χ4v) is 5.49. The third kappa shape index (κ3) is 5.85. The Morgan fingerprint density at radius 3 is 2.23 bits per heavy atom. The molecule has 224 valence electrons. The van der Waals surface area contributed by atoms with Crippen molar-refractivity contribution in [1.29, 1.82) is 5.26 Å². The van der Waals surface area contributed by atoms with Crippen LogP contribution in [0.1, 0.15) is 50.3 Å². The second-order valence-electron chi connectivity index (χ2n) is 11.7. The summed E-state index contributed by atoms with van der Waals surface area (Å²) in [5, 5.41) is 10.9. The molecule has 43 heavy (non-hydrogen) atoms. The Hall–Kier alpha value is -4.65. The number of nitrogens with one attached hydrogen (secondary N) is 1. The first-order chi connectivity index (χ1) is 20.5. The van der Waals surface area contributed by atoms with Crippen LogP contribution in [0.15, 0.2) is 48.8 Å². The van der Waals surface area contributed by atoms with Gasteiger partial charge in [-0.05, 0) is 56.4 Å². The first-order valence-corrected chi connectivity index (χ1v) is 14.0. The molecule has 2 aromatic carbocycles. The maximum atomic E-state index is 15.1. The number of rotatable bonds is 6. The van der Waals surface area contributed by atoms with E-state index in [-0.39, 0.29) is 29.6 Å². The largest absolute Gasteiger partial charge is 0.494 e. The summed E-state index contributed by atoms with van der Waals surface area (Å²) in [5.41, 5.74) is 2.38. The van der Waals surface area contributed by atoms with Crippen LogP contribution in [0.2, 0.25) is 0 Å². The van der Waals surface area contributed by atoms with Gasteiger partial charge in [-0.3, -0.25) is 0 Å². The molecule has 1 saturated heterocycles. The van der Waals surface area contributed by atoms with Crippen LogP contribution < -0.4 is 9.47 Å². The van der Waals surface area contributed by atoms with Gasteiger partial charge in [0, 0.05) is 54.5 Å². The molecule has 8 nitrogen and oxygen atoms in total. The number of fused-ring (bicyclic) bond motifs is 1. The number of piperidine rings is 1. The molecule has 1 fully saturated rings. The molecule has 0 atom stereocenters. The van der Waals surface area contributed by atoms with Gasteiger partial charge in [-0.15, -0.1) is 0 Å². The summed E-state index contributed by atoms with van der Waals surface area (Å²) in [6, 6.07) is 13.4. The number of halogens is 2. The minimum atomic E-state index is -0.779. The lowest BCUT2D eigenvalue weighted by atomic mass is 9.74. The van der Waals surface area contributed by atoms with E-state index in [1.165, 1.54) is 20.3 Å². The average Bonchev–Trinajstić information content (AvgIpc) is 3.40. The fraction of sp³-hybridized carbons (Fsp3) is 0.364. The van der Waals surface area contributed by atoms with Crippen molar-refractivity contribution in [3.05, 3.63) is 77.1 Å². The van der Waals surface area contributed by atoms with Crippen LogP contribution in [-0.2, 0) is 16.6 Å². The Balaban J connectivity index is 1.38. The number of methoxy groups -OCH3 is 2. The highest BCUT2D eigenvalue weighted by Crippen LogP contribution is 2.37. The van der Waals surface area contributed by atoms with Gasteiger partial charge in [-0.2, -0.15) is 5.26 Å². The van der Waals surface area contributed by atoms with Crippen molar-refractivity contribution in [1.82, 2.24) is 14.9 Å². The van der Waals surface area contributed by atoms with Crippen LogP contribution in [0.5, 0.6) is 11.5 Å². The first kappa shape index (κ1) is 29.8. The van der Waals surface area contributed by atoms with E-state index in [2.05, 4.69) is 16.0 Å². The predicted octanol–water partition coefficient (Wildman–Crippen LogP) is 6.91. The van der Waals surface area contributed by atoms with Crippen LogP contribution >= 0.6 is 0 Å². The lowest BCUT2D eigenvalue weighted by Crippen LogP contribution is -2.46. The van der Waals surface area contributed by atoms with Crippen molar-refractivity contribution >= 4 is 17.1 Å². The molecule has 0 unspecified atom stereocenters. The molecule has 0 spiro atoms. The number of H-pyrrole nitrogens is 1. The third-order valence-corrected chi connectivity index (χ3v) is 7.90.